The first-order valence-electron chi connectivity index (χ1n) is 8.55. The van der Waals surface area contributed by atoms with E-state index in [4.69, 9.17) is 9.47 Å². The second kappa shape index (κ2) is 7.92. The lowest BCUT2D eigenvalue weighted by Gasteiger charge is -2.20. The molecular weight excluding hydrogens is 316 g/mol. The van der Waals surface area contributed by atoms with E-state index in [9.17, 15) is 4.79 Å². The van der Waals surface area contributed by atoms with Crippen LogP contribution in [-0.2, 0) is 11.2 Å². The molecule has 0 unspecified atom stereocenters. The maximum atomic E-state index is 12.4. The molecule has 5 heteroatoms. The van der Waals surface area contributed by atoms with E-state index >= 15 is 0 Å². The summed E-state index contributed by atoms with van der Waals surface area (Å²) in [4.78, 5) is 14.8. The summed E-state index contributed by atoms with van der Waals surface area (Å²) in [5, 5.41) is 2.98. The van der Waals surface area contributed by atoms with Crippen molar-refractivity contribution in [2.24, 2.45) is 0 Å². The Hall–Kier alpha value is -2.69. The van der Waals surface area contributed by atoms with Crippen molar-refractivity contribution in [1.29, 1.82) is 0 Å². The van der Waals surface area contributed by atoms with Gasteiger partial charge in [-0.2, -0.15) is 0 Å². The van der Waals surface area contributed by atoms with Crippen LogP contribution in [0.4, 0.5) is 11.4 Å². The lowest BCUT2D eigenvalue weighted by molar-refractivity contribution is -0.115. The quantitative estimate of drug-likeness (QED) is 0.875. The molecule has 1 saturated heterocycles. The first-order chi connectivity index (χ1) is 12.2. The van der Waals surface area contributed by atoms with E-state index < -0.39 is 0 Å². The number of benzene rings is 2. The monoisotopic (exact) mass is 340 g/mol. The number of nitrogens with zero attached hydrogens (tertiary/aromatic N) is 1. The fraction of sp³-hybridized carbons (Fsp3) is 0.350. The molecule has 1 fully saturated rings. The minimum absolute atomic E-state index is 0.0676. The standard InChI is InChI=1S/C20H24N2O3/c1-24-17-8-5-15(6-9-17)13-20(23)21-18-14-16(7-10-19(18)25-2)22-11-3-4-12-22/h5-10,14H,3-4,11-13H2,1-2H3,(H,21,23). The third-order valence-corrected chi connectivity index (χ3v) is 4.45. The average Bonchev–Trinajstić information content (AvgIpc) is 3.17. The zero-order valence-corrected chi connectivity index (χ0v) is 14.7. The van der Waals surface area contributed by atoms with E-state index in [0.717, 1.165) is 30.1 Å². The summed E-state index contributed by atoms with van der Waals surface area (Å²) >= 11 is 0. The number of rotatable bonds is 6. The van der Waals surface area contributed by atoms with E-state index in [1.807, 2.05) is 42.5 Å². The highest BCUT2D eigenvalue weighted by molar-refractivity contribution is 5.94. The fourth-order valence-corrected chi connectivity index (χ4v) is 3.09. The summed E-state index contributed by atoms with van der Waals surface area (Å²) in [6.07, 6.45) is 2.73. The van der Waals surface area contributed by atoms with Crippen molar-refractivity contribution >= 4 is 17.3 Å². The number of carbonyl (C=O) groups excluding carboxylic acids is 1. The molecule has 3 rings (SSSR count). The minimum atomic E-state index is -0.0676. The fourth-order valence-electron chi connectivity index (χ4n) is 3.09. The highest BCUT2D eigenvalue weighted by Crippen LogP contribution is 2.31. The van der Waals surface area contributed by atoms with Gasteiger partial charge < -0.3 is 19.7 Å². The summed E-state index contributed by atoms with van der Waals surface area (Å²) in [6, 6.07) is 13.5. The number of anilines is 2. The Bertz CT molecular complexity index is 722. The van der Waals surface area contributed by atoms with Crippen molar-refractivity contribution in [2.75, 3.05) is 37.5 Å². The summed E-state index contributed by atoms with van der Waals surface area (Å²) < 4.78 is 10.5. The molecule has 0 bridgehead atoms. The van der Waals surface area contributed by atoms with Gasteiger partial charge in [-0.25, -0.2) is 0 Å². The van der Waals surface area contributed by atoms with Gasteiger partial charge in [0.15, 0.2) is 0 Å². The number of ether oxygens (including phenoxy) is 2. The zero-order valence-electron chi connectivity index (χ0n) is 14.7. The van der Waals surface area contributed by atoms with Crippen LogP contribution in [0.3, 0.4) is 0 Å². The molecule has 5 nitrogen and oxygen atoms in total. The van der Waals surface area contributed by atoms with Gasteiger partial charge in [0.2, 0.25) is 5.91 Å². The molecule has 25 heavy (non-hydrogen) atoms. The Morgan fingerprint density at radius 3 is 2.40 bits per heavy atom. The molecule has 0 radical (unpaired) electrons. The van der Waals surface area contributed by atoms with E-state index in [-0.39, 0.29) is 5.91 Å². The van der Waals surface area contributed by atoms with Gasteiger partial charge in [-0.05, 0) is 48.7 Å². The molecule has 132 valence electrons. The molecule has 0 spiro atoms. The predicted molar refractivity (Wildman–Crippen MR) is 99.8 cm³/mol. The van der Waals surface area contributed by atoms with E-state index in [2.05, 4.69) is 10.2 Å². The van der Waals surface area contributed by atoms with Crippen LogP contribution in [-0.4, -0.2) is 33.2 Å². The minimum Gasteiger partial charge on any atom is -0.497 e. The van der Waals surface area contributed by atoms with E-state index in [0.29, 0.717) is 17.9 Å². The molecule has 0 atom stereocenters. The third-order valence-electron chi connectivity index (χ3n) is 4.45. The molecule has 1 aliphatic heterocycles. The maximum absolute atomic E-state index is 12.4. The normalized spacial score (nSPS) is 13.6. The van der Waals surface area contributed by atoms with Crippen LogP contribution >= 0.6 is 0 Å². The molecule has 1 N–H and O–H groups in total. The van der Waals surface area contributed by atoms with Crippen LogP contribution in [0.5, 0.6) is 11.5 Å². The molecule has 0 aliphatic carbocycles. The Kier molecular flexibility index (Phi) is 5.43. The van der Waals surface area contributed by atoms with Crippen molar-refractivity contribution in [3.63, 3.8) is 0 Å². The van der Waals surface area contributed by atoms with Gasteiger partial charge in [0.05, 0.1) is 26.3 Å². The molecule has 1 aliphatic rings. The Balaban J connectivity index is 1.71. The summed E-state index contributed by atoms with van der Waals surface area (Å²) in [5.74, 6) is 1.39. The highest BCUT2D eigenvalue weighted by Gasteiger charge is 2.15. The van der Waals surface area contributed by atoms with Crippen molar-refractivity contribution < 1.29 is 14.3 Å². The van der Waals surface area contributed by atoms with E-state index in [1.54, 1.807) is 14.2 Å². The number of amides is 1. The Morgan fingerprint density at radius 1 is 1.04 bits per heavy atom. The zero-order chi connectivity index (χ0) is 17.6. The molecule has 2 aromatic carbocycles. The van der Waals surface area contributed by atoms with Crippen LogP contribution in [0.25, 0.3) is 0 Å². The van der Waals surface area contributed by atoms with Gasteiger partial charge in [0, 0.05) is 18.8 Å². The summed E-state index contributed by atoms with van der Waals surface area (Å²) in [6.45, 7) is 2.12. The van der Waals surface area contributed by atoms with Crippen molar-refractivity contribution in [3.05, 3.63) is 48.0 Å². The van der Waals surface area contributed by atoms with Crippen LogP contribution < -0.4 is 19.7 Å². The number of hydrogen-bond acceptors (Lipinski definition) is 4. The number of methoxy groups -OCH3 is 2. The molecule has 0 aromatic heterocycles. The first kappa shape index (κ1) is 17.1. The predicted octanol–water partition coefficient (Wildman–Crippen LogP) is 3.49. The second-order valence-electron chi connectivity index (χ2n) is 6.15. The summed E-state index contributed by atoms with van der Waals surface area (Å²) in [5.41, 5.74) is 2.77. The van der Waals surface area contributed by atoms with Crippen molar-refractivity contribution in [1.82, 2.24) is 0 Å². The average molecular weight is 340 g/mol. The number of carbonyl (C=O) groups is 1. The highest BCUT2D eigenvalue weighted by atomic mass is 16.5. The van der Waals surface area contributed by atoms with Gasteiger partial charge in [0.25, 0.3) is 0 Å². The topological polar surface area (TPSA) is 50.8 Å². The third kappa shape index (κ3) is 4.24. The van der Waals surface area contributed by atoms with Gasteiger partial charge in [-0.1, -0.05) is 12.1 Å². The van der Waals surface area contributed by atoms with Crippen molar-refractivity contribution in [2.45, 2.75) is 19.3 Å². The maximum Gasteiger partial charge on any atom is 0.228 e. The molecule has 1 heterocycles. The van der Waals surface area contributed by atoms with E-state index in [1.165, 1.54) is 12.8 Å². The second-order valence-corrected chi connectivity index (χ2v) is 6.15. The number of hydrogen-bond donors (Lipinski definition) is 1. The lowest BCUT2D eigenvalue weighted by atomic mass is 10.1. The molecule has 2 aromatic rings. The summed E-state index contributed by atoms with van der Waals surface area (Å²) in [7, 11) is 3.24. The largest absolute Gasteiger partial charge is 0.497 e. The number of nitrogens with one attached hydrogen (secondary N) is 1. The first-order valence-corrected chi connectivity index (χ1v) is 8.55. The Morgan fingerprint density at radius 2 is 1.76 bits per heavy atom. The molecular formula is C20H24N2O3. The smallest absolute Gasteiger partial charge is 0.228 e. The van der Waals surface area contributed by atoms with Crippen LogP contribution in [0.2, 0.25) is 0 Å². The van der Waals surface area contributed by atoms with Crippen LogP contribution in [0.15, 0.2) is 42.5 Å². The lowest BCUT2D eigenvalue weighted by Crippen LogP contribution is -2.19. The van der Waals surface area contributed by atoms with Gasteiger partial charge >= 0.3 is 0 Å². The molecule has 1 amide bonds. The van der Waals surface area contributed by atoms with Gasteiger partial charge in [-0.3, -0.25) is 4.79 Å². The SMILES string of the molecule is COc1ccc(CC(=O)Nc2cc(N3CCCC3)ccc2OC)cc1. The van der Waals surface area contributed by atoms with Gasteiger partial charge in [-0.15, -0.1) is 0 Å². The molecule has 0 saturated carbocycles. The van der Waals surface area contributed by atoms with Crippen LogP contribution in [0, 0.1) is 0 Å². The van der Waals surface area contributed by atoms with Crippen molar-refractivity contribution in [3.8, 4) is 11.5 Å². The van der Waals surface area contributed by atoms with Crippen LogP contribution in [0.1, 0.15) is 18.4 Å². The van der Waals surface area contributed by atoms with Gasteiger partial charge in [0.1, 0.15) is 11.5 Å². The Labute approximate surface area is 148 Å².